The fraction of sp³-hybridized carbons (Fsp3) is 0.923. The normalized spacial score (nSPS) is 12.5. The molecule has 1 unspecified atom stereocenters. The monoisotopic (exact) mass is 213 g/mol. The van der Waals surface area contributed by atoms with E-state index in [4.69, 9.17) is 0 Å². The zero-order valence-electron chi connectivity index (χ0n) is 10.9. The second-order valence-corrected chi connectivity index (χ2v) is 4.64. The molecule has 0 radical (unpaired) electrons. The summed E-state index contributed by atoms with van der Waals surface area (Å²) in [6.45, 7) is 4.42. The van der Waals surface area contributed by atoms with Crippen LogP contribution in [-0.4, -0.2) is 24.9 Å². The predicted molar refractivity (Wildman–Crippen MR) is 65.9 cm³/mol. The first-order valence-electron chi connectivity index (χ1n) is 6.31. The molecule has 0 spiro atoms. The molecule has 0 aromatic carbocycles. The molecule has 0 aliphatic rings. The van der Waals surface area contributed by atoms with Gasteiger partial charge in [0.25, 0.3) is 0 Å². The third kappa shape index (κ3) is 7.40. The van der Waals surface area contributed by atoms with Gasteiger partial charge in [-0.2, -0.15) is 0 Å². The summed E-state index contributed by atoms with van der Waals surface area (Å²) in [7, 11) is 3.69. The molecule has 0 aliphatic carbocycles. The predicted octanol–water partition coefficient (Wildman–Crippen LogP) is 3.46. The van der Waals surface area contributed by atoms with Crippen molar-refractivity contribution in [3.05, 3.63) is 0 Å². The van der Waals surface area contributed by atoms with Crippen LogP contribution in [0.1, 0.15) is 58.8 Å². The molecular formula is C13H27NO. The average molecular weight is 213 g/mol. The minimum atomic E-state index is 0.282. The van der Waals surface area contributed by atoms with Gasteiger partial charge in [0.1, 0.15) is 0 Å². The molecule has 0 fully saturated rings. The second-order valence-electron chi connectivity index (χ2n) is 4.64. The van der Waals surface area contributed by atoms with Crippen molar-refractivity contribution in [2.45, 2.75) is 58.8 Å². The Hall–Kier alpha value is -0.530. The largest absolute Gasteiger partial charge is 0.349 e. The van der Waals surface area contributed by atoms with Gasteiger partial charge in [-0.1, -0.05) is 46.0 Å². The van der Waals surface area contributed by atoms with Crippen molar-refractivity contribution in [2.24, 2.45) is 5.92 Å². The van der Waals surface area contributed by atoms with Crippen LogP contribution in [0.25, 0.3) is 0 Å². The van der Waals surface area contributed by atoms with Crippen molar-refractivity contribution in [1.82, 2.24) is 4.90 Å². The van der Waals surface area contributed by atoms with Crippen LogP contribution in [-0.2, 0) is 4.79 Å². The zero-order chi connectivity index (χ0) is 11.7. The van der Waals surface area contributed by atoms with Crippen LogP contribution >= 0.6 is 0 Å². The van der Waals surface area contributed by atoms with Crippen LogP contribution in [0, 0.1) is 5.92 Å². The van der Waals surface area contributed by atoms with Gasteiger partial charge < -0.3 is 4.90 Å². The van der Waals surface area contributed by atoms with E-state index in [1.165, 1.54) is 38.5 Å². The van der Waals surface area contributed by atoms with E-state index in [2.05, 4.69) is 13.8 Å². The van der Waals surface area contributed by atoms with Crippen LogP contribution in [0.4, 0.5) is 0 Å². The first-order chi connectivity index (χ1) is 7.11. The lowest BCUT2D eigenvalue weighted by molar-refractivity contribution is -0.129. The SMILES string of the molecule is CCCCCC(CCC)CC(=O)N(C)C. The van der Waals surface area contributed by atoms with Crippen LogP contribution in [0.3, 0.4) is 0 Å². The third-order valence-electron chi connectivity index (χ3n) is 2.87. The van der Waals surface area contributed by atoms with Gasteiger partial charge in [-0.3, -0.25) is 4.79 Å². The molecule has 2 heteroatoms. The molecule has 0 saturated carbocycles. The lowest BCUT2D eigenvalue weighted by Gasteiger charge is -2.18. The van der Waals surface area contributed by atoms with E-state index in [1.54, 1.807) is 4.90 Å². The quantitative estimate of drug-likeness (QED) is 0.565. The third-order valence-corrected chi connectivity index (χ3v) is 2.87. The highest BCUT2D eigenvalue weighted by Gasteiger charge is 2.13. The Morgan fingerprint density at radius 3 is 2.20 bits per heavy atom. The van der Waals surface area contributed by atoms with E-state index in [1.807, 2.05) is 14.1 Å². The topological polar surface area (TPSA) is 20.3 Å². The molecule has 0 aromatic heterocycles. The molecule has 0 saturated heterocycles. The van der Waals surface area contributed by atoms with Crippen molar-refractivity contribution in [3.8, 4) is 0 Å². The summed E-state index contributed by atoms with van der Waals surface area (Å²) in [5.74, 6) is 0.890. The molecule has 0 N–H and O–H groups in total. The van der Waals surface area contributed by atoms with E-state index < -0.39 is 0 Å². The summed E-state index contributed by atoms with van der Waals surface area (Å²) in [6.07, 6.45) is 8.20. The highest BCUT2D eigenvalue weighted by atomic mass is 16.2. The summed E-state index contributed by atoms with van der Waals surface area (Å²) in [5.41, 5.74) is 0. The smallest absolute Gasteiger partial charge is 0.222 e. The van der Waals surface area contributed by atoms with Gasteiger partial charge in [0, 0.05) is 20.5 Å². The number of carbonyl (C=O) groups is 1. The minimum Gasteiger partial charge on any atom is -0.349 e. The Labute approximate surface area is 95.0 Å². The van der Waals surface area contributed by atoms with Crippen LogP contribution in [0.5, 0.6) is 0 Å². The number of nitrogens with zero attached hydrogens (tertiary/aromatic N) is 1. The molecule has 15 heavy (non-hydrogen) atoms. The lowest BCUT2D eigenvalue weighted by Crippen LogP contribution is -2.24. The number of amides is 1. The van der Waals surface area contributed by atoms with Gasteiger partial charge in [0.15, 0.2) is 0 Å². The van der Waals surface area contributed by atoms with Crippen LogP contribution in [0.2, 0.25) is 0 Å². The fourth-order valence-electron chi connectivity index (χ4n) is 1.87. The molecule has 1 atom stereocenters. The van der Waals surface area contributed by atoms with E-state index in [0.717, 1.165) is 6.42 Å². The van der Waals surface area contributed by atoms with Crippen molar-refractivity contribution in [1.29, 1.82) is 0 Å². The van der Waals surface area contributed by atoms with Gasteiger partial charge >= 0.3 is 0 Å². The van der Waals surface area contributed by atoms with E-state index in [0.29, 0.717) is 5.92 Å². The molecule has 0 bridgehead atoms. The first-order valence-corrected chi connectivity index (χ1v) is 6.31. The van der Waals surface area contributed by atoms with Crippen LogP contribution < -0.4 is 0 Å². The first kappa shape index (κ1) is 14.5. The molecule has 0 rings (SSSR count). The van der Waals surface area contributed by atoms with E-state index in [-0.39, 0.29) is 5.91 Å². The minimum absolute atomic E-state index is 0.282. The van der Waals surface area contributed by atoms with Crippen molar-refractivity contribution < 1.29 is 4.79 Å². The summed E-state index contributed by atoms with van der Waals surface area (Å²) in [5, 5.41) is 0. The highest BCUT2D eigenvalue weighted by Crippen LogP contribution is 2.19. The average Bonchev–Trinajstić information content (AvgIpc) is 2.18. The molecule has 1 amide bonds. The van der Waals surface area contributed by atoms with E-state index in [9.17, 15) is 4.79 Å². The summed E-state index contributed by atoms with van der Waals surface area (Å²) >= 11 is 0. The maximum atomic E-state index is 11.6. The number of carbonyl (C=O) groups excluding carboxylic acids is 1. The molecule has 0 aliphatic heterocycles. The number of rotatable bonds is 8. The molecular weight excluding hydrogens is 186 g/mol. The molecule has 90 valence electrons. The second kappa shape index (κ2) is 8.75. The fourth-order valence-corrected chi connectivity index (χ4v) is 1.87. The maximum Gasteiger partial charge on any atom is 0.222 e. The molecule has 0 heterocycles. The summed E-state index contributed by atoms with van der Waals surface area (Å²) < 4.78 is 0. The van der Waals surface area contributed by atoms with Crippen molar-refractivity contribution >= 4 is 5.91 Å². The Bertz CT molecular complexity index is 166. The molecule has 0 aromatic rings. The Morgan fingerprint density at radius 1 is 1.07 bits per heavy atom. The maximum absolute atomic E-state index is 11.6. The van der Waals surface area contributed by atoms with Crippen molar-refractivity contribution in [3.63, 3.8) is 0 Å². The highest BCUT2D eigenvalue weighted by molar-refractivity contribution is 5.75. The number of unbranched alkanes of at least 4 members (excludes halogenated alkanes) is 2. The standard InChI is InChI=1S/C13H27NO/c1-5-7-8-10-12(9-6-2)11-13(15)14(3)4/h12H,5-11H2,1-4H3. The molecule has 2 nitrogen and oxygen atoms in total. The van der Waals surface area contributed by atoms with Gasteiger partial charge in [0.2, 0.25) is 5.91 Å². The summed E-state index contributed by atoms with van der Waals surface area (Å²) in [4.78, 5) is 13.3. The Kier molecular flexibility index (Phi) is 8.44. The Morgan fingerprint density at radius 2 is 1.73 bits per heavy atom. The van der Waals surface area contributed by atoms with E-state index >= 15 is 0 Å². The van der Waals surface area contributed by atoms with Crippen LogP contribution in [0.15, 0.2) is 0 Å². The number of hydrogen-bond acceptors (Lipinski definition) is 1. The number of hydrogen-bond donors (Lipinski definition) is 0. The van der Waals surface area contributed by atoms with Gasteiger partial charge in [-0.05, 0) is 12.3 Å². The van der Waals surface area contributed by atoms with Gasteiger partial charge in [-0.25, -0.2) is 0 Å². The van der Waals surface area contributed by atoms with Gasteiger partial charge in [0.05, 0.1) is 0 Å². The van der Waals surface area contributed by atoms with Crippen molar-refractivity contribution in [2.75, 3.05) is 14.1 Å². The summed E-state index contributed by atoms with van der Waals surface area (Å²) in [6, 6.07) is 0. The Balaban J connectivity index is 3.86. The van der Waals surface area contributed by atoms with Gasteiger partial charge in [-0.15, -0.1) is 0 Å². The lowest BCUT2D eigenvalue weighted by atomic mass is 9.93. The zero-order valence-corrected chi connectivity index (χ0v) is 10.9.